The lowest BCUT2D eigenvalue weighted by atomic mass is 10.0. The number of amides is 1. The van der Waals surface area contributed by atoms with Gasteiger partial charge >= 0.3 is 5.97 Å². The van der Waals surface area contributed by atoms with Crippen LogP contribution in [0.15, 0.2) is 119 Å². The Kier molecular flexibility index (Phi) is 6.78. The molecule has 0 bridgehead atoms. The van der Waals surface area contributed by atoms with Crippen molar-refractivity contribution in [1.29, 1.82) is 0 Å². The molecule has 5 nitrogen and oxygen atoms in total. The van der Waals surface area contributed by atoms with Crippen LogP contribution in [-0.4, -0.2) is 27.1 Å². The largest absolute Gasteiger partial charge is 0.478 e. The Morgan fingerprint density at radius 1 is 0.806 bits per heavy atom. The molecule has 0 saturated carbocycles. The first-order valence-corrected chi connectivity index (χ1v) is 12.2. The van der Waals surface area contributed by atoms with Crippen LogP contribution >= 0.6 is 11.8 Å². The predicted molar refractivity (Wildman–Crippen MR) is 145 cm³/mol. The third-order valence-electron chi connectivity index (χ3n) is 5.73. The summed E-state index contributed by atoms with van der Waals surface area (Å²) in [4.78, 5) is 31.6. The number of carboxylic acids is 1. The summed E-state index contributed by atoms with van der Waals surface area (Å²) in [6, 6.07) is 34.3. The van der Waals surface area contributed by atoms with E-state index in [0.717, 1.165) is 27.9 Å². The lowest BCUT2D eigenvalue weighted by Gasteiger charge is -2.16. The number of carboxylic acid groups (broad SMARTS) is 1. The summed E-state index contributed by atoms with van der Waals surface area (Å²) >= 11 is 1.34. The van der Waals surface area contributed by atoms with Crippen molar-refractivity contribution in [2.24, 2.45) is 4.99 Å². The van der Waals surface area contributed by atoms with Crippen molar-refractivity contribution in [2.75, 3.05) is 0 Å². The molecule has 1 heterocycles. The van der Waals surface area contributed by atoms with Gasteiger partial charge in [0.2, 0.25) is 0 Å². The molecule has 5 rings (SSSR count). The molecule has 0 atom stereocenters. The highest BCUT2D eigenvalue weighted by Gasteiger charge is 2.33. The summed E-state index contributed by atoms with van der Waals surface area (Å²) in [6.07, 6.45) is 1.88. The van der Waals surface area contributed by atoms with Gasteiger partial charge < -0.3 is 5.11 Å². The summed E-state index contributed by atoms with van der Waals surface area (Å²) in [7, 11) is 0. The van der Waals surface area contributed by atoms with Gasteiger partial charge in [-0.25, -0.2) is 9.79 Å². The van der Waals surface area contributed by atoms with Crippen molar-refractivity contribution in [2.45, 2.75) is 6.54 Å². The lowest BCUT2D eigenvalue weighted by Crippen LogP contribution is -2.28. The monoisotopic (exact) mass is 490 g/mol. The number of nitrogens with zero attached hydrogens (tertiary/aromatic N) is 2. The second-order valence-corrected chi connectivity index (χ2v) is 9.23. The van der Waals surface area contributed by atoms with E-state index in [0.29, 0.717) is 16.6 Å². The van der Waals surface area contributed by atoms with Gasteiger partial charge in [0.25, 0.3) is 5.91 Å². The van der Waals surface area contributed by atoms with Crippen molar-refractivity contribution in [1.82, 2.24) is 4.90 Å². The Morgan fingerprint density at radius 3 is 2.06 bits per heavy atom. The van der Waals surface area contributed by atoms with Crippen molar-refractivity contribution < 1.29 is 14.7 Å². The Bertz CT molecular complexity index is 1450. The molecule has 1 amide bonds. The molecule has 0 spiro atoms. The van der Waals surface area contributed by atoms with Gasteiger partial charge in [0, 0.05) is 0 Å². The number of benzene rings is 4. The zero-order chi connectivity index (χ0) is 24.9. The van der Waals surface area contributed by atoms with Crippen LogP contribution in [-0.2, 0) is 11.3 Å². The van der Waals surface area contributed by atoms with E-state index in [9.17, 15) is 14.7 Å². The minimum Gasteiger partial charge on any atom is -0.478 e. The Morgan fingerprint density at radius 2 is 1.42 bits per heavy atom. The van der Waals surface area contributed by atoms with Crippen LogP contribution in [0.3, 0.4) is 0 Å². The van der Waals surface area contributed by atoms with Crippen molar-refractivity contribution >= 4 is 40.6 Å². The predicted octanol–water partition coefficient (Wildman–Crippen LogP) is 6.86. The van der Waals surface area contributed by atoms with E-state index < -0.39 is 5.97 Å². The molecule has 1 N–H and O–H groups in total. The van der Waals surface area contributed by atoms with Crippen LogP contribution in [0.2, 0.25) is 0 Å². The van der Waals surface area contributed by atoms with Crippen LogP contribution < -0.4 is 0 Å². The molecular formula is C30H22N2O3S. The fourth-order valence-electron chi connectivity index (χ4n) is 3.83. The molecule has 1 saturated heterocycles. The summed E-state index contributed by atoms with van der Waals surface area (Å²) in [5.74, 6) is -1.12. The number of rotatable bonds is 6. The maximum Gasteiger partial charge on any atom is 0.335 e. The first kappa shape index (κ1) is 23.3. The van der Waals surface area contributed by atoms with Gasteiger partial charge in [-0.15, -0.1) is 0 Å². The highest BCUT2D eigenvalue weighted by atomic mass is 32.2. The Labute approximate surface area is 213 Å². The van der Waals surface area contributed by atoms with E-state index in [4.69, 9.17) is 4.99 Å². The lowest BCUT2D eigenvalue weighted by molar-refractivity contribution is -0.122. The highest BCUT2D eigenvalue weighted by Crippen LogP contribution is 2.35. The van der Waals surface area contributed by atoms with Gasteiger partial charge in [-0.1, -0.05) is 84.9 Å². The van der Waals surface area contributed by atoms with Crippen molar-refractivity contribution in [3.8, 4) is 11.1 Å². The van der Waals surface area contributed by atoms with Crippen LogP contribution in [0.25, 0.3) is 17.2 Å². The zero-order valence-electron chi connectivity index (χ0n) is 19.2. The molecule has 1 aliphatic rings. The van der Waals surface area contributed by atoms with Gasteiger partial charge in [-0.05, 0) is 64.4 Å². The molecule has 4 aromatic rings. The first-order valence-electron chi connectivity index (χ1n) is 11.4. The van der Waals surface area contributed by atoms with E-state index in [-0.39, 0.29) is 11.5 Å². The van der Waals surface area contributed by atoms with Gasteiger partial charge in [0.05, 0.1) is 22.7 Å². The third kappa shape index (κ3) is 5.29. The van der Waals surface area contributed by atoms with Crippen molar-refractivity contribution in [3.63, 3.8) is 0 Å². The second-order valence-electron chi connectivity index (χ2n) is 8.22. The fourth-order valence-corrected chi connectivity index (χ4v) is 4.83. The van der Waals surface area contributed by atoms with Crippen LogP contribution in [0.4, 0.5) is 5.69 Å². The summed E-state index contributed by atoms with van der Waals surface area (Å²) < 4.78 is 0. The minimum atomic E-state index is -0.982. The van der Waals surface area contributed by atoms with E-state index >= 15 is 0 Å². The molecule has 0 unspecified atom stereocenters. The number of carbonyl (C=O) groups excluding carboxylic acids is 1. The molecule has 0 radical (unpaired) electrons. The van der Waals surface area contributed by atoms with Gasteiger partial charge in [-0.3, -0.25) is 9.69 Å². The number of carbonyl (C=O) groups is 2. The average Bonchev–Trinajstić information content (AvgIpc) is 3.19. The number of amidine groups is 1. The standard InChI is InChI=1S/C30H22N2O3S/c33-28-27(19-21-11-15-24(16-12-21)23-7-3-1-4-8-23)36-30(31-26-9-5-2-6-10-26)32(28)20-22-13-17-25(18-14-22)29(34)35/h1-19H,20H2,(H,34,35)/b27-19-,31-30?. The topological polar surface area (TPSA) is 70.0 Å². The van der Waals surface area contributed by atoms with Crippen LogP contribution in [0.1, 0.15) is 21.5 Å². The van der Waals surface area contributed by atoms with Crippen LogP contribution in [0, 0.1) is 0 Å². The maximum absolute atomic E-state index is 13.4. The third-order valence-corrected chi connectivity index (χ3v) is 6.73. The second kappa shape index (κ2) is 10.5. The van der Waals surface area contributed by atoms with E-state index in [1.54, 1.807) is 29.2 Å². The summed E-state index contributed by atoms with van der Waals surface area (Å²) in [6.45, 7) is 0.293. The van der Waals surface area contributed by atoms with Crippen LogP contribution in [0.5, 0.6) is 0 Å². The molecule has 1 fully saturated rings. The van der Waals surface area contributed by atoms with Crippen molar-refractivity contribution in [3.05, 3.63) is 131 Å². The number of para-hydroxylation sites is 1. The number of aliphatic imine (C=N–C) groups is 1. The molecule has 36 heavy (non-hydrogen) atoms. The smallest absolute Gasteiger partial charge is 0.335 e. The minimum absolute atomic E-state index is 0.135. The fraction of sp³-hybridized carbons (Fsp3) is 0.0333. The highest BCUT2D eigenvalue weighted by molar-refractivity contribution is 8.18. The molecule has 6 heteroatoms. The molecule has 176 valence electrons. The first-order chi connectivity index (χ1) is 17.6. The SMILES string of the molecule is O=C(O)c1ccc(CN2C(=O)/C(=C/c3ccc(-c4ccccc4)cc3)SC2=Nc2ccccc2)cc1. The Hall–Kier alpha value is -4.42. The van der Waals surface area contributed by atoms with E-state index in [1.165, 1.54) is 11.8 Å². The number of hydrogen-bond donors (Lipinski definition) is 1. The zero-order valence-corrected chi connectivity index (χ0v) is 20.1. The molecule has 4 aromatic carbocycles. The number of hydrogen-bond acceptors (Lipinski definition) is 4. The van der Waals surface area contributed by atoms with Gasteiger partial charge in [-0.2, -0.15) is 0 Å². The summed E-state index contributed by atoms with van der Waals surface area (Å²) in [5.41, 5.74) is 4.97. The van der Waals surface area contributed by atoms with E-state index in [1.807, 2.05) is 78.9 Å². The quantitative estimate of drug-likeness (QED) is 0.300. The van der Waals surface area contributed by atoms with E-state index in [2.05, 4.69) is 12.1 Å². The number of aromatic carboxylic acids is 1. The Balaban J connectivity index is 1.43. The number of thioether (sulfide) groups is 1. The summed E-state index contributed by atoms with van der Waals surface area (Å²) in [5, 5.41) is 9.75. The molecular weight excluding hydrogens is 468 g/mol. The average molecular weight is 491 g/mol. The molecule has 0 aliphatic carbocycles. The molecule has 1 aliphatic heterocycles. The normalized spacial score (nSPS) is 15.6. The van der Waals surface area contributed by atoms with Gasteiger partial charge in [0.1, 0.15) is 0 Å². The maximum atomic E-state index is 13.4. The van der Waals surface area contributed by atoms with Gasteiger partial charge in [0.15, 0.2) is 5.17 Å². The molecule has 0 aromatic heterocycles.